The van der Waals surface area contributed by atoms with Crippen molar-refractivity contribution in [1.29, 1.82) is 5.26 Å². The van der Waals surface area contributed by atoms with Gasteiger partial charge >= 0.3 is 0 Å². The maximum Gasteiger partial charge on any atom is 0.256 e. The van der Waals surface area contributed by atoms with Gasteiger partial charge in [0.15, 0.2) is 0 Å². The van der Waals surface area contributed by atoms with Crippen molar-refractivity contribution in [2.75, 3.05) is 13.3 Å². The third-order valence-corrected chi connectivity index (χ3v) is 2.89. The van der Waals surface area contributed by atoms with Crippen LogP contribution in [0, 0.1) is 11.3 Å². The molecule has 0 radical (unpaired) electrons. The number of ether oxygens (including phenoxy) is 1. The highest BCUT2D eigenvalue weighted by atomic mass is 16.5. The summed E-state index contributed by atoms with van der Waals surface area (Å²) in [7, 11) is 0. The van der Waals surface area contributed by atoms with Gasteiger partial charge in [0, 0.05) is 5.56 Å². The Morgan fingerprint density at radius 1 is 1.53 bits per heavy atom. The summed E-state index contributed by atoms with van der Waals surface area (Å²) in [6.07, 6.45) is 0. The van der Waals surface area contributed by atoms with Crippen LogP contribution in [0.25, 0.3) is 0 Å². The lowest BCUT2D eigenvalue weighted by atomic mass is 10.0. The quantitative estimate of drug-likeness (QED) is 0.738. The van der Waals surface area contributed by atoms with Crippen LogP contribution in [0.1, 0.15) is 29.8 Å². The second-order valence-corrected chi connectivity index (χ2v) is 4.72. The Balaban J connectivity index is 2.28. The van der Waals surface area contributed by atoms with E-state index in [0.717, 1.165) is 0 Å². The first-order valence-electron chi connectivity index (χ1n) is 5.44. The smallest absolute Gasteiger partial charge is 0.256 e. The minimum atomic E-state index is -0.292. The van der Waals surface area contributed by atoms with Crippen LogP contribution < -0.4 is 0 Å². The second kappa shape index (κ2) is 4.19. The number of nitrogens with zero attached hydrogens (tertiary/aromatic N) is 2. The van der Waals surface area contributed by atoms with Gasteiger partial charge in [-0.25, -0.2) is 0 Å². The Labute approximate surface area is 100 Å². The summed E-state index contributed by atoms with van der Waals surface area (Å²) in [6, 6.07) is 8.76. The van der Waals surface area contributed by atoms with Gasteiger partial charge in [-0.05, 0) is 32.0 Å². The number of carbonyl (C=O) groups excluding carboxylic acids is 1. The topological polar surface area (TPSA) is 53.3 Å². The lowest BCUT2D eigenvalue weighted by Crippen LogP contribution is -2.44. The molecule has 1 heterocycles. The average molecular weight is 230 g/mol. The molecule has 0 saturated carbocycles. The van der Waals surface area contributed by atoms with Crippen molar-refractivity contribution in [2.24, 2.45) is 0 Å². The standard InChI is InChI=1S/C13H14N2O2/c1-13(2)8-17-9-15(13)12(16)11-5-3-4-10(6-11)7-14/h3-6H,8-9H2,1-2H3. The molecule has 1 aliphatic heterocycles. The zero-order valence-corrected chi connectivity index (χ0v) is 9.93. The van der Waals surface area contributed by atoms with E-state index in [2.05, 4.69) is 0 Å². The van der Waals surface area contributed by atoms with Gasteiger partial charge < -0.3 is 9.64 Å². The molecule has 0 aromatic heterocycles. The summed E-state index contributed by atoms with van der Waals surface area (Å²) in [6.45, 7) is 4.78. The average Bonchev–Trinajstić information content (AvgIpc) is 2.68. The Morgan fingerprint density at radius 3 is 2.88 bits per heavy atom. The lowest BCUT2D eigenvalue weighted by Gasteiger charge is -2.29. The number of carbonyl (C=O) groups is 1. The molecule has 0 unspecified atom stereocenters. The first-order chi connectivity index (χ1) is 8.04. The third-order valence-electron chi connectivity index (χ3n) is 2.89. The van der Waals surface area contributed by atoms with E-state index >= 15 is 0 Å². The highest BCUT2D eigenvalue weighted by Crippen LogP contribution is 2.23. The lowest BCUT2D eigenvalue weighted by molar-refractivity contribution is 0.0605. The van der Waals surface area contributed by atoms with Crippen molar-refractivity contribution in [3.63, 3.8) is 0 Å². The zero-order valence-electron chi connectivity index (χ0n) is 9.93. The fourth-order valence-electron chi connectivity index (χ4n) is 1.85. The molecular formula is C13H14N2O2. The fraction of sp³-hybridized carbons (Fsp3) is 0.385. The summed E-state index contributed by atoms with van der Waals surface area (Å²) in [5.41, 5.74) is 0.733. The molecule has 1 fully saturated rings. The van der Waals surface area contributed by atoms with E-state index in [4.69, 9.17) is 10.00 Å². The molecule has 2 rings (SSSR count). The first-order valence-corrected chi connectivity index (χ1v) is 5.44. The van der Waals surface area contributed by atoms with Crippen LogP contribution in [0.4, 0.5) is 0 Å². The molecule has 0 bridgehead atoms. The SMILES string of the molecule is CC1(C)COCN1C(=O)c1cccc(C#N)c1. The molecule has 1 aromatic carbocycles. The number of rotatable bonds is 1. The van der Waals surface area contributed by atoms with Crippen LogP contribution in [0.5, 0.6) is 0 Å². The summed E-state index contributed by atoms with van der Waals surface area (Å²) in [5, 5.41) is 8.81. The van der Waals surface area contributed by atoms with Crippen LogP contribution in [0.2, 0.25) is 0 Å². The van der Waals surface area contributed by atoms with E-state index in [0.29, 0.717) is 24.5 Å². The Kier molecular flexibility index (Phi) is 2.86. The maximum absolute atomic E-state index is 12.3. The molecule has 1 aromatic rings. The second-order valence-electron chi connectivity index (χ2n) is 4.72. The van der Waals surface area contributed by atoms with Crippen molar-refractivity contribution in [1.82, 2.24) is 4.90 Å². The fourth-order valence-corrected chi connectivity index (χ4v) is 1.85. The molecular weight excluding hydrogens is 216 g/mol. The van der Waals surface area contributed by atoms with Crippen LogP contribution in [0.3, 0.4) is 0 Å². The van der Waals surface area contributed by atoms with E-state index in [1.807, 2.05) is 19.9 Å². The van der Waals surface area contributed by atoms with Crippen LogP contribution >= 0.6 is 0 Å². The predicted octanol–water partition coefficient (Wildman–Crippen LogP) is 1.77. The molecule has 88 valence electrons. The minimum Gasteiger partial charge on any atom is -0.359 e. The first kappa shape index (κ1) is 11.6. The van der Waals surface area contributed by atoms with Gasteiger partial charge in [0.2, 0.25) is 0 Å². The van der Waals surface area contributed by atoms with Crippen LogP contribution in [0.15, 0.2) is 24.3 Å². The van der Waals surface area contributed by atoms with E-state index < -0.39 is 0 Å². The Hall–Kier alpha value is -1.86. The van der Waals surface area contributed by atoms with Crippen molar-refractivity contribution in [2.45, 2.75) is 19.4 Å². The maximum atomic E-state index is 12.3. The molecule has 1 amide bonds. The molecule has 0 N–H and O–H groups in total. The van der Waals surface area contributed by atoms with Crippen molar-refractivity contribution in [3.05, 3.63) is 35.4 Å². The van der Waals surface area contributed by atoms with E-state index in [1.165, 1.54) is 0 Å². The van der Waals surface area contributed by atoms with Gasteiger partial charge in [-0.3, -0.25) is 4.79 Å². The monoisotopic (exact) mass is 230 g/mol. The van der Waals surface area contributed by atoms with E-state index in [9.17, 15) is 4.79 Å². The summed E-state index contributed by atoms with van der Waals surface area (Å²) in [4.78, 5) is 14.0. The number of amides is 1. The predicted molar refractivity (Wildman–Crippen MR) is 62.2 cm³/mol. The molecule has 0 aliphatic carbocycles. The van der Waals surface area contributed by atoms with Crippen LogP contribution in [-0.2, 0) is 4.74 Å². The summed E-state index contributed by atoms with van der Waals surface area (Å²) in [5.74, 6) is -0.0930. The zero-order chi connectivity index (χ0) is 12.5. The molecule has 1 saturated heterocycles. The van der Waals surface area contributed by atoms with Gasteiger partial charge in [0.1, 0.15) is 6.73 Å². The number of hydrogen-bond donors (Lipinski definition) is 0. The van der Waals surface area contributed by atoms with E-state index in [1.54, 1.807) is 29.2 Å². The molecule has 4 nitrogen and oxygen atoms in total. The van der Waals surface area contributed by atoms with Crippen LogP contribution in [-0.4, -0.2) is 29.7 Å². The Bertz CT molecular complexity index is 488. The number of hydrogen-bond acceptors (Lipinski definition) is 3. The Morgan fingerprint density at radius 2 is 2.29 bits per heavy atom. The van der Waals surface area contributed by atoms with Crippen molar-refractivity contribution >= 4 is 5.91 Å². The molecule has 0 spiro atoms. The van der Waals surface area contributed by atoms with Gasteiger partial charge in [-0.15, -0.1) is 0 Å². The minimum absolute atomic E-state index is 0.0930. The van der Waals surface area contributed by atoms with Gasteiger partial charge in [-0.2, -0.15) is 5.26 Å². The molecule has 17 heavy (non-hydrogen) atoms. The van der Waals surface area contributed by atoms with Gasteiger partial charge in [0.25, 0.3) is 5.91 Å². The highest BCUT2D eigenvalue weighted by molar-refractivity contribution is 5.95. The number of benzene rings is 1. The van der Waals surface area contributed by atoms with E-state index in [-0.39, 0.29) is 11.4 Å². The van der Waals surface area contributed by atoms with Crippen molar-refractivity contribution in [3.8, 4) is 6.07 Å². The van der Waals surface area contributed by atoms with Gasteiger partial charge in [0.05, 0.1) is 23.8 Å². The van der Waals surface area contributed by atoms with Crippen molar-refractivity contribution < 1.29 is 9.53 Å². The number of nitriles is 1. The molecule has 0 atom stereocenters. The normalized spacial score (nSPS) is 17.8. The van der Waals surface area contributed by atoms with Gasteiger partial charge in [-0.1, -0.05) is 6.07 Å². The highest BCUT2D eigenvalue weighted by Gasteiger charge is 2.36. The summed E-state index contributed by atoms with van der Waals surface area (Å²) >= 11 is 0. The largest absolute Gasteiger partial charge is 0.359 e. The summed E-state index contributed by atoms with van der Waals surface area (Å²) < 4.78 is 5.31. The third kappa shape index (κ3) is 2.15. The molecule has 4 heteroatoms. The molecule has 1 aliphatic rings.